The highest BCUT2D eigenvalue weighted by molar-refractivity contribution is 6.32. The molecule has 34 nitrogen and oxygen atoms in total. The molecule has 654 valence electrons. The predicted octanol–water partition coefficient (Wildman–Crippen LogP) is 4.53. The number of fused-ring (bicyclic) bond motifs is 15. The molecule has 2 saturated heterocycles. The van der Waals surface area contributed by atoms with Crippen molar-refractivity contribution < 1.29 is 118 Å². The highest BCUT2D eigenvalue weighted by Gasteiger charge is 2.53. The van der Waals surface area contributed by atoms with E-state index in [9.17, 15) is 60.3 Å². The molecule has 0 unspecified atom stereocenters. The van der Waals surface area contributed by atoms with E-state index in [1.54, 1.807) is 0 Å². The molecule has 4 aliphatic carbocycles. The first-order valence-electron chi connectivity index (χ1n) is 41.5. The molecule has 16 rings (SSSR count). The normalized spacial score (nSPS) is 31.0. The van der Waals surface area contributed by atoms with Crippen LogP contribution >= 0.6 is 11.6 Å². The lowest BCUT2D eigenvalue weighted by Crippen LogP contribution is -2.64. The van der Waals surface area contributed by atoms with Crippen molar-refractivity contribution in [2.75, 3.05) is 13.7 Å². The van der Waals surface area contributed by atoms with Crippen LogP contribution in [0.4, 0.5) is 0 Å². The van der Waals surface area contributed by atoms with Gasteiger partial charge in [0, 0.05) is 41.6 Å². The van der Waals surface area contributed by atoms with Gasteiger partial charge in [-0.2, -0.15) is 0 Å². The fraction of sp³-hybridized carbons (Fsp3) is 0.547. The van der Waals surface area contributed by atoms with Gasteiger partial charge >= 0.3 is 0 Å². The molecule has 0 spiro atoms. The zero-order valence-corrected chi connectivity index (χ0v) is 69.0. The molecule has 18 atom stereocenters. The van der Waals surface area contributed by atoms with E-state index in [-0.39, 0.29) is 98.5 Å². The number of carbonyl (C=O) groups excluding carboxylic acids is 9. The quantitative estimate of drug-likeness (QED) is 0.0449. The molecule has 11 aliphatic rings. The summed E-state index contributed by atoms with van der Waals surface area (Å²) in [6.07, 6.45) is -9.42. The van der Waals surface area contributed by atoms with Crippen molar-refractivity contribution in [1.29, 1.82) is 0 Å². The van der Waals surface area contributed by atoms with Gasteiger partial charge in [0.2, 0.25) is 65.2 Å². The van der Waals surface area contributed by atoms with Gasteiger partial charge in [0.05, 0.1) is 36.3 Å². The first-order chi connectivity index (χ1) is 57.6. The van der Waals surface area contributed by atoms with E-state index in [4.69, 9.17) is 45.8 Å². The number of phenols is 3. The molecule has 0 aromatic heterocycles. The molecule has 7 heterocycles. The van der Waals surface area contributed by atoms with Crippen molar-refractivity contribution in [3.8, 4) is 57.1 Å². The second-order valence-electron chi connectivity index (χ2n) is 34.2. The third-order valence-corrected chi connectivity index (χ3v) is 24.9. The third-order valence-electron chi connectivity index (χ3n) is 24.6. The number of hydrogen-bond acceptors (Lipinski definition) is 26. The number of aryl methyl sites for hydroxylation is 1. The second-order valence-corrected chi connectivity index (χ2v) is 34.6. The molecule has 0 radical (unpaired) electrons. The summed E-state index contributed by atoms with van der Waals surface area (Å²) >= 11 is 7.29. The Morgan fingerprint density at radius 2 is 1.31 bits per heavy atom. The number of rotatable bonds is 21. The van der Waals surface area contributed by atoms with E-state index >= 15 is 28.8 Å². The van der Waals surface area contributed by atoms with Gasteiger partial charge in [-0.1, -0.05) is 82.7 Å². The largest absolute Gasteiger partial charge is 0.508 e. The van der Waals surface area contributed by atoms with Crippen molar-refractivity contribution in [2.24, 2.45) is 35.3 Å². The smallest absolute Gasteiger partial charge is 0.248 e. The number of ether oxygens (including phenoxy) is 6. The number of likely N-dealkylation sites (N-methyl/N-ethyl adjacent to an activating group) is 1. The number of nitrogens with two attached hydrogens (primary N) is 1. The summed E-state index contributed by atoms with van der Waals surface area (Å²) in [5, 5.41) is 131. The van der Waals surface area contributed by atoms with E-state index < -0.39 is 215 Å². The van der Waals surface area contributed by atoms with E-state index in [1.165, 1.54) is 64.2 Å². The maximum Gasteiger partial charge on any atom is 0.248 e. The molecule has 5 aromatic rings. The zero-order chi connectivity index (χ0) is 86.9. The lowest BCUT2D eigenvalue weighted by atomic mass is 9.54. The molecule has 7 aliphatic heterocycles. The first kappa shape index (κ1) is 89.0. The fourth-order valence-electron chi connectivity index (χ4n) is 18.4. The molecule has 35 heteroatoms. The minimum atomic E-state index is -2.35. The van der Waals surface area contributed by atoms with Gasteiger partial charge in [-0.15, -0.1) is 0 Å². The van der Waals surface area contributed by atoms with Crippen molar-refractivity contribution in [1.82, 2.24) is 47.9 Å². The number of unbranched alkanes of at least 4 members (excludes halogenated alkanes) is 5. The molecule has 5 aromatic carbocycles. The SMILES string of the molecule is CCCCCCCCC(=O)NC(=O)C[C@@H]1NC(=O)[C@H](NC(=O)[C@@H](CC(C)C)NC)[C@H](O)c2ccc(c(C)c2)Oc2cc3cc(c2O[C@@H]2O[C@H](CO)[C@@H](O)[C@H](O)[C@H]2O[C@H]2C[C@](C)(N)[C@H](O)[C@H](C)O2)Oc2ccc(cc2Cl)[C@@H](O)[C@@H]2NC(=O)[C@H](NC(=O)[C@@H]3NC1=O)c1ccc(O)c(c1)-c1c(O)cc(O)cc1[C@@H](C(=O)NC1C3CC4CC(C3)CC1C4)NC2=O. The van der Waals surface area contributed by atoms with Crippen LogP contribution in [0.5, 0.6) is 46.0 Å². The molecule has 15 bridgehead atoms. The van der Waals surface area contributed by atoms with Crippen LogP contribution < -0.4 is 67.8 Å². The van der Waals surface area contributed by atoms with Gasteiger partial charge in [-0.05, 0) is 190 Å². The van der Waals surface area contributed by atoms with Crippen molar-refractivity contribution >= 4 is 64.8 Å². The predicted molar refractivity (Wildman–Crippen MR) is 432 cm³/mol. The van der Waals surface area contributed by atoms with E-state index in [0.717, 1.165) is 100 Å². The molecule has 9 amide bonds. The van der Waals surface area contributed by atoms with Gasteiger partial charge in [-0.3, -0.25) is 48.5 Å². The summed E-state index contributed by atoms with van der Waals surface area (Å²) in [6, 6.07) is 1.07. The molecule has 20 N–H and O–H groups in total. The van der Waals surface area contributed by atoms with Gasteiger partial charge in [-0.25, -0.2) is 0 Å². The first-order valence-corrected chi connectivity index (χ1v) is 41.9. The van der Waals surface area contributed by atoms with E-state index in [1.807, 2.05) is 20.8 Å². The third kappa shape index (κ3) is 19.6. The van der Waals surface area contributed by atoms with Crippen LogP contribution in [0.15, 0.2) is 78.9 Å². The number of phenolic OH excluding ortho intramolecular Hbond substituents is 3. The fourth-order valence-corrected chi connectivity index (χ4v) is 18.6. The van der Waals surface area contributed by atoms with Crippen LogP contribution in [0.25, 0.3) is 11.1 Å². The van der Waals surface area contributed by atoms with Crippen molar-refractivity contribution in [2.45, 2.75) is 253 Å². The number of benzene rings is 5. The Morgan fingerprint density at radius 1 is 0.669 bits per heavy atom. The summed E-state index contributed by atoms with van der Waals surface area (Å²) < 4.78 is 39.3. The topological polar surface area (TPSA) is 525 Å². The van der Waals surface area contributed by atoms with Gasteiger partial charge in [0.1, 0.15) is 95.5 Å². The summed E-state index contributed by atoms with van der Waals surface area (Å²) in [5.41, 5.74) is 3.45. The Labute approximate surface area is 703 Å². The number of halogens is 1. The Kier molecular flexibility index (Phi) is 27.6. The lowest BCUT2D eigenvalue weighted by molar-refractivity contribution is -0.333. The van der Waals surface area contributed by atoms with Gasteiger partial charge < -0.3 is 123 Å². The molecule has 6 fully saturated rings. The number of nitrogens with one attached hydrogen (secondary N) is 9. The number of amides is 9. The summed E-state index contributed by atoms with van der Waals surface area (Å²) in [7, 11) is 1.50. The number of hydrogen-bond donors (Lipinski definition) is 19. The zero-order valence-electron chi connectivity index (χ0n) is 68.2. The van der Waals surface area contributed by atoms with Gasteiger partial charge in [0.15, 0.2) is 23.9 Å². The Bertz CT molecular complexity index is 4720. The molecule has 4 saturated carbocycles. The van der Waals surface area contributed by atoms with Crippen LogP contribution in [0, 0.1) is 36.5 Å². The average molecular weight is 1700 g/mol. The highest BCUT2D eigenvalue weighted by Crippen LogP contribution is 2.55. The maximum atomic E-state index is 16.6. The van der Waals surface area contributed by atoms with E-state index in [0.29, 0.717) is 24.7 Å². The Hall–Kier alpha value is -9.82. The monoisotopic (exact) mass is 1700 g/mol. The standard InChI is InChI=1S/C86H109ClN10O24/c1-8-9-10-11-12-13-14-61(102)91-62(103)34-53-79(110)93-67-47-30-58(117-56-19-16-43(22-38(56)4)71(104)69(83(114)90-53)96-78(109)52(89-7)21-37(2)3)75(121-85-76(74(107)73(106)60(36-98)119-85)120-63-35-86(6,88)77(108)39(5)116-63)59(31-47)118-57-20-17-44(29-51(57)87)72(105)70-84(115)95-68(82(113)92-65-45-24-40-23-41(26-45)27-46(65)25-40)50-32-48(99)33-55(101)64(50)49-28-42(15-18-54(49)100)66(80(111)97-70)94-81(67)112/h15-20,22,28-33,37,39-41,45-46,52-53,60,63,65-74,76-77,85,89,98-101,104-108H,8-14,21,23-27,34-36,88H2,1-7H3,(H,90,114)(H,92,113)(H,93,110)(H,94,112)(H,95,115)(H,96,109)(H,97,111)(H,91,102,103)/t39-,40?,41?,45?,46?,52+,53-,60+,63-,65?,66+,67+,68-,69+,70-,71+,72+,73+,74-,76+,77+,85-,86-/m0/s1. The van der Waals surface area contributed by atoms with Crippen LogP contribution in [-0.2, 0) is 57.4 Å². The molecule has 121 heavy (non-hydrogen) atoms. The Balaban J connectivity index is 1.01. The minimum Gasteiger partial charge on any atom is -0.508 e. The van der Waals surface area contributed by atoms with Crippen molar-refractivity contribution in [3.63, 3.8) is 0 Å². The second kappa shape index (κ2) is 37.5. The van der Waals surface area contributed by atoms with Crippen LogP contribution in [-0.4, -0.2) is 198 Å². The highest BCUT2D eigenvalue weighted by atomic mass is 35.5. The average Bonchev–Trinajstić information content (AvgIpc) is 0.761. The number of imide groups is 1. The number of aliphatic hydroxyl groups excluding tert-OH is 6. The van der Waals surface area contributed by atoms with Crippen LogP contribution in [0.2, 0.25) is 5.02 Å². The van der Waals surface area contributed by atoms with Crippen molar-refractivity contribution in [3.05, 3.63) is 117 Å². The molecular weight excluding hydrogens is 1590 g/mol. The maximum absolute atomic E-state index is 16.6. The number of carbonyl (C=O) groups is 9. The number of aliphatic hydroxyl groups is 6. The summed E-state index contributed by atoms with van der Waals surface area (Å²) in [6.45, 7) is 9.36. The minimum absolute atomic E-state index is 0.0370. The van der Waals surface area contributed by atoms with Crippen LogP contribution in [0.1, 0.15) is 195 Å². The molecular formula is C86H109ClN10O24. The Morgan fingerprint density at radius 3 is 1.96 bits per heavy atom. The van der Waals surface area contributed by atoms with Crippen LogP contribution in [0.3, 0.4) is 0 Å². The van der Waals surface area contributed by atoms with E-state index in [2.05, 4.69) is 47.9 Å². The lowest BCUT2D eigenvalue weighted by Gasteiger charge is -2.54. The number of aromatic hydroxyl groups is 3. The summed E-state index contributed by atoms with van der Waals surface area (Å²) in [5.74, 6) is -13.3. The summed E-state index contributed by atoms with van der Waals surface area (Å²) in [4.78, 5) is 138. The van der Waals surface area contributed by atoms with Gasteiger partial charge in [0.25, 0.3) is 0 Å².